The molecule has 1 heterocycles. The molecule has 6 heteroatoms. The highest BCUT2D eigenvalue weighted by Gasteiger charge is 2.17. The molecule has 0 unspecified atom stereocenters. The summed E-state index contributed by atoms with van der Waals surface area (Å²) in [6.07, 6.45) is 1.69. The third-order valence-corrected chi connectivity index (χ3v) is 2.61. The molecule has 0 bridgehead atoms. The molecule has 3 N–H and O–H groups in total. The van der Waals surface area contributed by atoms with Gasteiger partial charge in [-0.2, -0.15) is 5.10 Å². The molecule has 0 aliphatic rings. The highest BCUT2D eigenvalue weighted by atomic mass is 19.1. The van der Waals surface area contributed by atoms with Crippen molar-refractivity contribution < 1.29 is 9.18 Å². The van der Waals surface area contributed by atoms with Crippen molar-refractivity contribution in [1.29, 1.82) is 0 Å². The molecular weight excluding hydrogens is 247 g/mol. The lowest BCUT2D eigenvalue weighted by Gasteiger charge is -2.03. The van der Waals surface area contributed by atoms with E-state index in [1.165, 1.54) is 16.8 Å². The Morgan fingerprint density at radius 3 is 3.00 bits per heavy atom. The number of hydrogen-bond donors (Lipinski definition) is 2. The number of carbonyl (C=O) groups excluding carboxylic acids is 1. The van der Waals surface area contributed by atoms with E-state index in [1.54, 1.807) is 25.4 Å². The van der Waals surface area contributed by atoms with Crippen LogP contribution in [-0.4, -0.2) is 28.8 Å². The van der Waals surface area contributed by atoms with Gasteiger partial charge in [0.25, 0.3) is 5.91 Å². The van der Waals surface area contributed by atoms with E-state index in [1.807, 2.05) is 0 Å². The zero-order valence-electron chi connectivity index (χ0n) is 10.6. The van der Waals surface area contributed by atoms with Crippen LogP contribution >= 0.6 is 0 Å². The average molecular weight is 262 g/mol. The summed E-state index contributed by atoms with van der Waals surface area (Å²) in [5.41, 5.74) is 6.82. The molecule has 1 aromatic carbocycles. The predicted octanol–water partition coefficient (Wildman–Crippen LogP) is 0.915. The first kappa shape index (κ1) is 13.2. The zero-order valence-corrected chi connectivity index (χ0v) is 10.6. The Labute approximate surface area is 110 Å². The summed E-state index contributed by atoms with van der Waals surface area (Å²) >= 11 is 0. The van der Waals surface area contributed by atoms with Crippen molar-refractivity contribution in [3.8, 4) is 11.1 Å². The fourth-order valence-corrected chi connectivity index (χ4v) is 1.79. The van der Waals surface area contributed by atoms with Gasteiger partial charge in [0.1, 0.15) is 5.82 Å². The number of hydrogen-bond acceptors (Lipinski definition) is 3. The van der Waals surface area contributed by atoms with Crippen LogP contribution in [0.1, 0.15) is 10.5 Å². The standard InChI is InChI=1S/C13H15FN4O/c1-18-8-11(9-3-2-4-10(14)7-9)12(17-18)13(19)16-6-5-15/h2-4,7-8H,5-6,15H2,1H3,(H,16,19). The molecule has 19 heavy (non-hydrogen) atoms. The summed E-state index contributed by atoms with van der Waals surface area (Å²) in [5.74, 6) is -0.667. The number of halogens is 1. The lowest BCUT2D eigenvalue weighted by atomic mass is 10.1. The molecule has 1 amide bonds. The van der Waals surface area contributed by atoms with Gasteiger partial charge in [0.15, 0.2) is 5.69 Å². The molecule has 100 valence electrons. The van der Waals surface area contributed by atoms with Crippen molar-refractivity contribution in [2.24, 2.45) is 12.8 Å². The van der Waals surface area contributed by atoms with Gasteiger partial charge in [0.05, 0.1) is 0 Å². The number of aromatic nitrogens is 2. The van der Waals surface area contributed by atoms with Crippen molar-refractivity contribution in [3.63, 3.8) is 0 Å². The third-order valence-electron chi connectivity index (χ3n) is 2.61. The van der Waals surface area contributed by atoms with Crippen LogP contribution in [0.3, 0.4) is 0 Å². The summed E-state index contributed by atoms with van der Waals surface area (Å²) in [7, 11) is 1.71. The molecule has 0 spiro atoms. The molecule has 1 aromatic heterocycles. The zero-order chi connectivity index (χ0) is 13.8. The lowest BCUT2D eigenvalue weighted by Crippen LogP contribution is -2.29. The van der Waals surface area contributed by atoms with Crippen molar-refractivity contribution in [2.45, 2.75) is 0 Å². The Balaban J connectivity index is 2.38. The van der Waals surface area contributed by atoms with Gasteiger partial charge in [-0.25, -0.2) is 4.39 Å². The van der Waals surface area contributed by atoms with Gasteiger partial charge >= 0.3 is 0 Å². The Hall–Kier alpha value is -2.21. The molecule has 0 radical (unpaired) electrons. The fraction of sp³-hybridized carbons (Fsp3) is 0.231. The molecular formula is C13H15FN4O. The van der Waals surface area contributed by atoms with Gasteiger partial charge in [-0.1, -0.05) is 12.1 Å². The van der Waals surface area contributed by atoms with Gasteiger partial charge in [0.2, 0.25) is 0 Å². The van der Waals surface area contributed by atoms with E-state index in [2.05, 4.69) is 10.4 Å². The maximum absolute atomic E-state index is 13.3. The summed E-state index contributed by atoms with van der Waals surface area (Å²) in [5, 5.41) is 6.76. The maximum atomic E-state index is 13.3. The van der Waals surface area contributed by atoms with Gasteiger partial charge in [-0.05, 0) is 17.7 Å². The molecule has 0 atom stereocenters. The van der Waals surface area contributed by atoms with Gasteiger partial charge in [0, 0.05) is 31.9 Å². The van der Waals surface area contributed by atoms with Crippen LogP contribution in [-0.2, 0) is 7.05 Å². The van der Waals surface area contributed by atoms with Gasteiger partial charge < -0.3 is 11.1 Å². The van der Waals surface area contributed by atoms with Gasteiger partial charge in [-0.3, -0.25) is 9.48 Å². The lowest BCUT2D eigenvalue weighted by molar-refractivity contribution is 0.0949. The smallest absolute Gasteiger partial charge is 0.272 e. The number of nitrogens with two attached hydrogens (primary N) is 1. The van der Waals surface area contributed by atoms with E-state index in [9.17, 15) is 9.18 Å². The number of carbonyl (C=O) groups is 1. The van der Waals surface area contributed by atoms with Crippen LogP contribution in [0.2, 0.25) is 0 Å². The van der Waals surface area contributed by atoms with E-state index >= 15 is 0 Å². The van der Waals surface area contributed by atoms with E-state index < -0.39 is 0 Å². The minimum absolute atomic E-state index is 0.265. The minimum Gasteiger partial charge on any atom is -0.349 e. The number of aryl methyl sites for hydroxylation is 1. The predicted molar refractivity (Wildman–Crippen MR) is 70.0 cm³/mol. The first-order chi connectivity index (χ1) is 9.11. The second-order valence-corrected chi connectivity index (χ2v) is 4.12. The van der Waals surface area contributed by atoms with Crippen LogP contribution in [0, 0.1) is 5.82 Å². The number of nitrogens with zero attached hydrogens (tertiary/aromatic N) is 2. The molecule has 0 aliphatic carbocycles. The second-order valence-electron chi connectivity index (χ2n) is 4.12. The molecule has 0 aliphatic heterocycles. The number of benzene rings is 1. The normalized spacial score (nSPS) is 10.5. The molecule has 2 rings (SSSR count). The van der Waals surface area contributed by atoms with Crippen molar-refractivity contribution in [1.82, 2.24) is 15.1 Å². The quantitative estimate of drug-likeness (QED) is 0.860. The SMILES string of the molecule is Cn1cc(-c2cccc(F)c2)c(C(=O)NCCN)n1. The molecule has 0 saturated heterocycles. The van der Waals surface area contributed by atoms with Crippen LogP contribution in [0.5, 0.6) is 0 Å². The fourth-order valence-electron chi connectivity index (χ4n) is 1.79. The monoisotopic (exact) mass is 262 g/mol. The first-order valence-electron chi connectivity index (χ1n) is 5.89. The van der Waals surface area contributed by atoms with E-state index in [4.69, 9.17) is 5.73 Å². The molecule has 0 saturated carbocycles. The molecule has 0 fully saturated rings. The van der Waals surface area contributed by atoms with Crippen LogP contribution in [0.4, 0.5) is 4.39 Å². The maximum Gasteiger partial charge on any atom is 0.272 e. The summed E-state index contributed by atoms with van der Waals surface area (Å²) in [6, 6.07) is 6.06. The van der Waals surface area contributed by atoms with Crippen molar-refractivity contribution in [2.75, 3.05) is 13.1 Å². The average Bonchev–Trinajstić information content (AvgIpc) is 2.78. The Morgan fingerprint density at radius 1 is 1.53 bits per heavy atom. The number of rotatable bonds is 4. The van der Waals surface area contributed by atoms with Gasteiger partial charge in [-0.15, -0.1) is 0 Å². The van der Waals surface area contributed by atoms with E-state index in [0.29, 0.717) is 24.2 Å². The number of amides is 1. The third kappa shape index (κ3) is 2.97. The Morgan fingerprint density at radius 2 is 2.32 bits per heavy atom. The molecule has 5 nitrogen and oxygen atoms in total. The summed E-state index contributed by atoms with van der Waals surface area (Å²) < 4.78 is 14.8. The Bertz CT molecular complexity index is 594. The van der Waals surface area contributed by atoms with E-state index in [0.717, 1.165) is 0 Å². The van der Waals surface area contributed by atoms with Crippen molar-refractivity contribution >= 4 is 5.91 Å². The largest absolute Gasteiger partial charge is 0.349 e. The van der Waals surface area contributed by atoms with Crippen LogP contribution < -0.4 is 11.1 Å². The molecule has 2 aromatic rings. The topological polar surface area (TPSA) is 72.9 Å². The van der Waals surface area contributed by atoms with Crippen LogP contribution in [0.15, 0.2) is 30.5 Å². The minimum atomic E-state index is -0.352. The van der Waals surface area contributed by atoms with E-state index in [-0.39, 0.29) is 17.4 Å². The Kier molecular flexibility index (Phi) is 3.91. The van der Waals surface area contributed by atoms with Crippen molar-refractivity contribution in [3.05, 3.63) is 42.0 Å². The second kappa shape index (κ2) is 5.62. The number of nitrogens with one attached hydrogen (secondary N) is 1. The highest BCUT2D eigenvalue weighted by molar-refractivity contribution is 5.98. The summed E-state index contributed by atoms with van der Waals surface area (Å²) in [4.78, 5) is 12.0. The highest BCUT2D eigenvalue weighted by Crippen LogP contribution is 2.23. The summed E-state index contributed by atoms with van der Waals surface area (Å²) in [6.45, 7) is 0.728. The first-order valence-corrected chi connectivity index (χ1v) is 5.89. The van der Waals surface area contributed by atoms with Crippen LogP contribution in [0.25, 0.3) is 11.1 Å².